The lowest BCUT2D eigenvalue weighted by atomic mass is 10.1. The van der Waals surface area contributed by atoms with E-state index in [0.717, 1.165) is 28.9 Å². The molecule has 4 heteroatoms. The first kappa shape index (κ1) is 13.7. The van der Waals surface area contributed by atoms with E-state index in [1.54, 1.807) is 11.3 Å². The van der Waals surface area contributed by atoms with Gasteiger partial charge in [0, 0.05) is 23.0 Å². The van der Waals surface area contributed by atoms with Gasteiger partial charge in [0.2, 0.25) is 0 Å². The van der Waals surface area contributed by atoms with Gasteiger partial charge in [-0.25, -0.2) is 0 Å². The maximum atomic E-state index is 12.8. The van der Waals surface area contributed by atoms with Gasteiger partial charge < -0.3 is 4.90 Å². The Bertz CT molecular complexity index is 617. The number of thiol groups is 1. The van der Waals surface area contributed by atoms with Gasteiger partial charge in [0.15, 0.2) is 0 Å². The minimum absolute atomic E-state index is 0.132. The summed E-state index contributed by atoms with van der Waals surface area (Å²) in [6.45, 7) is 2.69. The summed E-state index contributed by atoms with van der Waals surface area (Å²) in [4.78, 5) is 15.7. The number of carbonyl (C=O) groups excluding carboxylic acids is 1. The van der Waals surface area contributed by atoms with Crippen LogP contribution in [-0.2, 0) is 6.54 Å². The van der Waals surface area contributed by atoms with Crippen molar-refractivity contribution in [2.75, 3.05) is 0 Å². The van der Waals surface area contributed by atoms with Crippen molar-refractivity contribution in [2.24, 2.45) is 0 Å². The smallest absolute Gasteiger partial charge is 0.254 e. The third-order valence-corrected chi connectivity index (χ3v) is 4.64. The van der Waals surface area contributed by atoms with Gasteiger partial charge >= 0.3 is 0 Å². The first-order valence-corrected chi connectivity index (χ1v) is 8.16. The van der Waals surface area contributed by atoms with Crippen LogP contribution < -0.4 is 0 Å². The molecule has 1 aromatic heterocycles. The Morgan fingerprint density at radius 1 is 1.40 bits per heavy atom. The zero-order chi connectivity index (χ0) is 14.1. The molecule has 0 aliphatic heterocycles. The summed E-state index contributed by atoms with van der Waals surface area (Å²) in [6, 6.07) is 8.27. The van der Waals surface area contributed by atoms with Crippen molar-refractivity contribution in [2.45, 2.75) is 37.2 Å². The van der Waals surface area contributed by atoms with Gasteiger partial charge in [-0.15, -0.1) is 12.6 Å². The van der Waals surface area contributed by atoms with E-state index < -0.39 is 0 Å². The molecule has 2 aromatic rings. The van der Waals surface area contributed by atoms with E-state index in [9.17, 15) is 4.79 Å². The summed E-state index contributed by atoms with van der Waals surface area (Å²) in [6.07, 6.45) is 2.24. The highest BCUT2D eigenvalue weighted by Gasteiger charge is 2.33. The fourth-order valence-corrected chi connectivity index (χ4v) is 3.19. The van der Waals surface area contributed by atoms with Crippen molar-refractivity contribution in [1.82, 2.24) is 4.90 Å². The van der Waals surface area contributed by atoms with Crippen molar-refractivity contribution in [1.29, 1.82) is 0 Å². The lowest BCUT2D eigenvalue weighted by Crippen LogP contribution is -2.32. The van der Waals surface area contributed by atoms with Crippen molar-refractivity contribution in [3.05, 3.63) is 51.7 Å². The lowest BCUT2D eigenvalue weighted by Gasteiger charge is -2.23. The van der Waals surface area contributed by atoms with Gasteiger partial charge in [0.25, 0.3) is 5.91 Å². The van der Waals surface area contributed by atoms with Crippen LogP contribution in [0.3, 0.4) is 0 Å². The van der Waals surface area contributed by atoms with Crippen LogP contribution in [0.2, 0.25) is 0 Å². The molecule has 0 unspecified atom stereocenters. The van der Waals surface area contributed by atoms with E-state index in [0.29, 0.717) is 12.6 Å². The Balaban J connectivity index is 1.87. The average molecular weight is 303 g/mol. The number of hydrogen-bond acceptors (Lipinski definition) is 3. The minimum atomic E-state index is 0.132. The quantitative estimate of drug-likeness (QED) is 0.841. The Morgan fingerprint density at radius 3 is 2.85 bits per heavy atom. The van der Waals surface area contributed by atoms with Crippen molar-refractivity contribution in [3.63, 3.8) is 0 Å². The minimum Gasteiger partial charge on any atom is -0.331 e. The normalized spacial score (nSPS) is 14.3. The fraction of sp³-hybridized carbons (Fsp3) is 0.312. The number of carbonyl (C=O) groups is 1. The highest BCUT2D eigenvalue weighted by molar-refractivity contribution is 7.80. The lowest BCUT2D eigenvalue weighted by molar-refractivity contribution is 0.0729. The van der Waals surface area contributed by atoms with Gasteiger partial charge in [-0.2, -0.15) is 11.3 Å². The van der Waals surface area contributed by atoms with Gasteiger partial charge in [0.1, 0.15) is 0 Å². The maximum absolute atomic E-state index is 12.8. The number of nitrogens with zero attached hydrogens (tertiary/aromatic N) is 1. The molecule has 0 bridgehead atoms. The number of hydrogen-bond donors (Lipinski definition) is 1. The van der Waals surface area contributed by atoms with Crippen LogP contribution in [-0.4, -0.2) is 16.8 Å². The predicted octanol–water partition coefficient (Wildman–Crippen LogP) is 4.15. The molecule has 20 heavy (non-hydrogen) atoms. The van der Waals surface area contributed by atoms with Crippen LogP contribution in [0.15, 0.2) is 39.9 Å². The van der Waals surface area contributed by atoms with Crippen molar-refractivity contribution in [3.8, 4) is 0 Å². The maximum Gasteiger partial charge on any atom is 0.254 e. The number of rotatable bonds is 4. The molecule has 0 saturated heterocycles. The summed E-state index contributed by atoms with van der Waals surface area (Å²) in [7, 11) is 0. The van der Waals surface area contributed by atoms with Crippen molar-refractivity contribution < 1.29 is 4.79 Å². The largest absolute Gasteiger partial charge is 0.331 e. The molecule has 0 spiro atoms. The molecule has 0 N–H and O–H groups in total. The van der Waals surface area contributed by atoms with Crippen LogP contribution in [0.1, 0.15) is 34.3 Å². The van der Waals surface area contributed by atoms with E-state index in [1.807, 2.05) is 30.0 Å². The van der Waals surface area contributed by atoms with Crippen molar-refractivity contribution >= 4 is 29.9 Å². The van der Waals surface area contributed by atoms with Crippen LogP contribution in [0, 0.1) is 6.92 Å². The molecule has 3 rings (SSSR count). The fourth-order valence-electron chi connectivity index (χ4n) is 2.33. The zero-order valence-electron chi connectivity index (χ0n) is 11.4. The van der Waals surface area contributed by atoms with Gasteiger partial charge in [-0.1, -0.05) is 6.07 Å². The number of aryl methyl sites for hydroxylation is 1. The number of thiophene rings is 1. The van der Waals surface area contributed by atoms with E-state index in [1.165, 1.54) is 5.56 Å². The molecule has 1 heterocycles. The van der Waals surface area contributed by atoms with Gasteiger partial charge in [-0.3, -0.25) is 4.79 Å². The van der Waals surface area contributed by atoms with Gasteiger partial charge in [-0.05, 0) is 59.9 Å². The molecule has 104 valence electrons. The highest BCUT2D eigenvalue weighted by Crippen LogP contribution is 2.31. The molecule has 2 nitrogen and oxygen atoms in total. The predicted molar refractivity (Wildman–Crippen MR) is 85.6 cm³/mol. The molecule has 1 aliphatic rings. The molecule has 1 aromatic carbocycles. The molecule has 1 saturated carbocycles. The van der Waals surface area contributed by atoms with Crippen LogP contribution in [0.5, 0.6) is 0 Å². The van der Waals surface area contributed by atoms with E-state index in [2.05, 4.69) is 29.5 Å². The zero-order valence-corrected chi connectivity index (χ0v) is 13.1. The Hall–Kier alpha value is -1.26. The number of benzene rings is 1. The van der Waals surface area contributed by atoms with E-state index >= 15 is 0 Å². The van der Waals surface area contributed by atoms with E-state index in [4.69, 9.17) is 0 Å². The summed E-state index contributed by atoms with van der Waals surface area (Å²) >= 11 is 6.03. The molecular weight excluding hydrogens is 286 g/mol. The summed E-state index contributed by atoms with van der Waals surface area (Å²) in [5.74, 6) is 0.132. The third kappa shape index (κ3) is 2.91. The molecular formula is C16H17NOS2. The Labute approximate surface area is 128 Å². The second kappa shape index (κ2) is 5.62. The number of amides is 1. The Kier molecular flexibility index (Phi) is 3.85. The van der Waals surface area contributed by atoms with Crippen LogP contribution >= 0.6 is 24.0 Å². The molecule has 1 fully saturated rings. The topological polar surface area (TPSA) is 20.3 Å². The second-order valence-corrected chi connectivity index (χ2v) is 6.59. The third-order valence-electron chi connectivity index (χ3n) is 3.63. The Morgan fingerprint density at radius 2 is 2.20 bits per heavy atom. The molecule has 0 radical (unpaired) electrons. The van der Waals surface area contributed by atoms with Crippen LogP contribution in [0.4, 0.5) is 0 Å². The second-order valence-electron chi connectivity index (χ2n) is 5.30. The van der Waals surface area contributed by atoms with E-state index in [-0.39, 0.29) is 5.91 Å². The molecule has 0 atom stereocenters. The highest BCUT2D eigenvalue weighted by atomic mass is 32.1. The summed E-state index contributed by atoms with van der Waals surface area (Å²) in [5, 5.41) is 4.18. The first-order valence-electron chi connectivity index (χ1n) is 6.77. The SMILES string of the molecule is Cc1ccc(S)cc1C(=O)N(Cc1ccsc1)C1CC1. The summed E-state index contributed by atoms with van der Waals surface area (Å²) in [5.41, 5.74) is 3.01. The average Bonchev–Trinajstić information content (AvgIpc) is 3.15. The standard InChI is InChI=1S/C16H17NOS2/c1-11-2-5-14(19)8-15(11)16(18)17(13-3-4-13)9-12-6-7-20-10-12/h2,5-8,10,13,19H,3-4,9H2,1H3. The van der Waals surface area contributed by atoms with Gasteiger partial charge in [0.05, 0.1) is 0 Å². The monoisotopic (exact) mass is 303 g/mol. The first-order chi connectivity index (χ1) is 9.65. The van der Waals surface area contributed by atoms with Crippen LogP contribution in [0.25, 0.3) is 0 Å². The molecule has 1 aliphatic carbocycles. The molecule has 1 amide bonds. The summed E-state index contributed by atoms with van der Waals surface area (Å²) < 4.78 is 0.